The number of ether oxygens (including phenoxy) is 2. The molecule has 1 N–H and O–H groups in total. The molecule has 0 bridgehead atoms. The van der Waals surface area contributed by atoms with E-state index in [1.165, 1.54) is 23.3 Å². The summed E-state index contributed by atoms with van der Waals surface area (Å²) < 4.78 is 25.0. The Labute approximate surface area is 148 Å². The maximum Gasteiger partial charge on any atom is 0.146 e. The third-order valence-corrected chi connectivity index (χ3v) is 5.46. The number of thiophene rings is 1. The molecule has 0 amide bonds. The zero-order chi connectivity index (χ0) is 17.4. The van der Waals surface area contributed by atoms with Gasteiger partial charge in [-0.25, -0.2) is 14.4 Å². The number of hydrogen-bond donors (Lipinski definition) is 1. The Hall–Kier alpha value is -2.25. The minimum atomic E-state index is -0.338. The minimum absolute atomic E-state index is 0.0575. The molecule has 4 rings (SSSR count). The van der Waals surface area contributed by atoms with Crippen molar-refractivity contribution < 1.29 is 13.9 Å². The van der Waals surface area contributed by atoms with Crippen molar-refractivity contribution in [2.24, 2.45) is 0 Å². The molecule has 0 spiro atoms. The van der Waals surface area contributed by atoms with Gasteiger partial charge in [-0.1, -0.05) is 0 Å². The van der Waals surface area contributed by atoms with Crippen LogP contribution in [0.1, 0.15) is 16.9 Å². The van der Waals surface area contributed by atoms with E-state index in [1.54, 1.807) is 17.4 Å². The summed E-state index contributed by atoms with van der Waals surface area (Å²) in [5, 5.41) is 4.28. The van der Waals surface area contributed by atoms with E-state index >= 15 is 0 Å². The molecule has 1 aliphatic heterocycles. The molecule has 0 radical (unpaired) electrons. The highest BCUT2D eigenvalue weighted by atomic mass is 32.1. The molecule has 1 atom stereocenters. The molecular weight excluding hydrogens is 341 g/mol. The van der Waals surface area contributed by atoms with Crippen LogP contribution >= 0.6 is 11.3 Å². The topological polar surface area (TPSA) is 56.3 Å². The van der Waals surface area contributed by atoms with Crippen molar-refractivity contribution in [1.29, 1.82) is 0 Å². The number of fused-ring (bicyclic) bond motifs is 1. The average molecular weight is 359 g/mol. The van der Waals surface area contributed by atoms with Gasteiger partial charge in [0.05, 0.1) is 24.3 Å². The van der Waals surface area contributed by atoms with Crippen molar-refractivity contribution in [1.82, 2.24) is 9.97 Å². The van der Waals surface area contributed by atoms with Crippen molar-refractivity contribution in [2.45, 2.75) is 26.4 Å². The van der Waals surface area contributed by atoms with Crippen LogP contribution in [-0.2, 0) is 4.74 Å². The number of aromatic nitrogens is 2. The molecule has 1 saturated heterocycles. The number of hydrogen-bond acceptors (Lipinski definition) is 6. The molecule has 3 heterocycles. The molecule has 2 aromatic heterocycles. The molecule has 1 aromatic carbocycles. The van der Waals surface area contributed by atoms with Crippen LogP contribution in [0, 0.1) is 19.7 Å². The summed E-state index contributed by atoms with van der Waals surface area (Å²) in [6.07, 6.45) is 2.28. The number of nitrogens with one attached hydrogen (secondary N) is 1. The van der Waals surface area contributed by atoms with E-state index in [0.717, 1.165) is 22.2 Å². The molecule has 1 fully saturated rings. The summed E-state index contributed by atoms with van der Waals surface area (Å²) in [6.45, 7) is 5.32. The summed E-state index contributed by atoms with van der Waals surface area (Å²) in [6, 6.07) is 4.47. The number of aryl methyl sites for hydroxylation is 2. The van der Waals surface area contributed by atoms with Gasteiger partial charge in [-0.15, -0.1) is 11.3 Å². The van der Waals surface area contributed by atoms with Crippen molar-refractivity contribution in [3.8, 4) is 5.75 Å². The van der Waals surface area contributed by atoms with Crippen molar-refractivity contribution in [2.75, 3.05) is 18.5 Å². The highest BCUT2D eigenvalue weighted by Gasteiger charge is 2.20. The molecular formula is C18H18FN3O2S. The van der Waals surface area contributed by atoms with E-state index in [4.69, 9.17) is 9.47 Å². The first-order valence-corrected chi connectivity index (χ1v) is 8.95. The van der Waals surface area contributed by atoms with Crippen molar-refractivity contribution in [3.63, 3.8) is 0 Å². The van der Waals surface area contributed by atoms with Gasteiger partial charge in [-0.3, -0.25) is 0 Å². The molecule has 0 saturated carbocycles. The second-order valence-corrected chi connectivity index (χ2v) is 7.26. The fourth-order valence-corrected chi connectivity index (χ4v) is 3.88. The zero-order valence-electron chi connectivity index (χ0n) is 14.0. The van der Waals surface area contributed by atoms with Crippen LogP contribution in [0.5, 0.6) is 5.75 Å². The van der Waals surface area contributed by atoms with E-state index in [9.17, 15) is 4.39 Å². The number of rotatable bonds is 4. The Bertz CT molecular complexity index is 922. The third-order valence-electron chi connectivity index (χ3n) is 4.34. The van der Waals surface area contributed by atoms with Crippen LogP contribution in [0.4, 0.5) is 15.9 Å². The molecule has 3 aromatic rings. The predicted molar refractivity (Wildman–Crippen MR) is 96.4 cm³/mol. The van der Waals surface area contributed by atoms with Crippen LogP contribution in [0.25, 0.3) is 10.2 Å². The average Bonchev–Trinajstić information content (AvgIpc) is 3.19. The second-order valence-electron chi connectivity index (χ2n) is 6.05. The lowest BCUT2D eigenvalue weighted by molar-refractivity contribution is 0.141. The predicted octanol–water partition coefficient (Wildman–Crippen LogP) is 4.36. The van der Waals surface area contributed by atoms with Gasteiger partial charge >= 0.3 is 0 Å². The summed E-state index contributed by atoms with van der Waals surface area (Å²) in [5.74, 6) is 0.827. The molecule has 1 aliphatic rings. The van der Waals surface area contributed by atoms with Gasteiger partial charge in [0.15, 0.2) is 0 Å². The van der Waals surface area contributed by atoms with Gasteiger partial charge in [0.25, 0.3) is 0 Å². The lowest BCUT2D eigenvalue weighted by Gasteiger charge is -2.17. The van der Waals surface area contributed by atoms with Crippen molar-refractivity contribution >= 4 is 33.1 Å². The first-order chi connectivity index (χ1) is 12.1. The van der Waals surface area contributed by atoms with Crippen LogP contribution in [-0.4, -0.2) is 29.3 Å². The minimum Gasteiger partial charge on any atom is -0.486 e. The van der Waals surface area contributed by atoms with Crippen LogP contribution in [0.3, 0.4) is 0 Å². The number of nitrogens with zero attached hydrogens (tertiary/aromatic N) is 2. The molecule has 0 aliphatic carbocycles. The first kappa shape index (κ1) is 16.2. The lowest BCUT2D eigenvalue weighted by Crippen LogP contribution is -2.16. The van der Waals surface area contributed by atoms with Crippen LogP contribution in [0.2, 0.25) is 0 Å². The van der Waals surface area contributed by atoms with Gasteiger partial charge in [0, 0.05) is 17.4 Å². The highest BCUT2D eigenvalue weighted by Crippen LogP contribution is 2.36. The highest BCUT2D eigenvalue weighted by molar-refractivity contribution is 7.18. The van der Waals surface area contributed by atoms with Gasteiger partial charge < -0.3 is 14.8 Å². The zero-order valence-corrected chi connectivity index (χ0v) is 14.8. The fraction of sp³-hybridized carbons (Fsp3) is 0.333. The monoisotopic (exact) mass is 359 g/mol. The summed E-state index contributed by atoms with van der Waals surface area (Å²) in [4.78, 5) is 10.9. The van der Waals surface area contributed by atoms with Gasteiger partial charge in [-0.2, -0.15) is 0 Å². The second kappa shape index (κ2) is 6.57. The van der Waals surface area contributed by atoms with Crippen LogP contribution < -0.4 is 10.1 Å². The Morgan fingerprint density at radius 1 is 1.32 bits per heavy atom. The number of halogens is 1. The van der Waals surface area contributed by atoms with E-state index < -0.39 is 0 Å². The first-order valence-electron chi connectivity index (χ1n) is 8.13. The molecule has 25 heavy (non-hydrogen) atoms. The Morgan fingerprint density at radius 3 is 3.00 bits per heavy atom. The number of benzene rings is 1. The SMILES string of the molecule is Cc1sc2ncnc(Nc3ccc(F)cc3OC3CCOC3)c2c1C. The van der Waals surface area contributed by atoms with E-state index in [2.05, 4.69) is 29.1 Å². The summed E-state index contributed by atoms with van der Waals surface area (Å²) in [7, 11) is 0. The quantitative estimate of drug-likeness (QED) is 0.750. The van der Waals surface area contributed by atoms with Crippen LogP contribution in [0.15, 0.2) is 24.5 Å². The Morgan fingerprint density at radius 2 is 2.20 bits per heavy atom. The summed E-state index contributed by atoms with van der Waals surface area (Å²) in [5.41, 5.74) is 1.83. The Balaban J connectivity index is 1.71. The lowest BCUT2D eigenvalue weighted by atomic mass is 10.2. The van der Waals surface area contributed by atoms with E-state index in [0.29, 0.717) is 30.5 Å². The third kappa shape index (κ3) is 3.17. The van der Waals surface area contributed by atoms with Gasteiger partial charge in [0.2, 0.25) is 0 Å². The van der Waals surface area contributed by atoms with Crippen molar-refractivity contribution in [3.05, 3.63) is 40.8 Å². The maximum atomic E-state index is 13.7. The standard InChI is InChI=1S/C18H18FN3O2S/c1-10-11(2)25-18-16(10)17(20-9-21-18)22-14-4-3-12(19)7-15(14)24-13-5-6-23-8-13/h3-4,7,9,13H,5-6,8H2,1-2H3,(H,20,21,22). The molecule has 1 unspecified atom stereocenters. The molecule has 7 heteroatoms. The largest absolute Gasteiger partial charge is 0.486 e. The van der Waals surface area contributed by atoms with E-state index in [-0.39, 0.29) is 11.9 Å². The Kier molecular flexibility index (Phi) is 4.27. The maximum absolute atomic E-state index is 13.7. The van der Waals surface area contributed by atoms with E-state index in [1.807, 2.05) is 0 Å². The fourth-order valence-electron chi connectivity index (χ4n) is 2.89. The summed E-state index contributed by atoms with van der Waals surface area (Å²) >= 11 is 1.64. The smallest absolute Gasteiger partial charge is 0.146 e. The molecule has 130 valence electrons. The molecule has 5 nitrogen and oxygen atoms in total. The van der Waals surface area contributed by atoms with Gasteiger partial charge in [0.1, 0.15) is 34.6 Å². The number of anilines is 2. The van der Waals surface area contributed by atoms with Gasteiger partial charge in [-0.05, 0) is 31.5 Å². The normalized spacial score (nSPS) is 17.2.